The molecule has 2 aromatic heterocycles. The lowest BCUT2D eigenvalue weighted by Crippen LogP contribution is -2.10. The smallest absolute Gasteiger partial charge is 0.343 e. The van der Waals surface area contributed by atoms with E-state index < -0.39 is 5.97 Å². The molecule has 2 heterocycles. The van der Waals surface area contributed by atoms with Gasteiger partial charge in [0, 0.05) is 17.8 Å². The molecule has 3 rings (SSSR count). The molecule has 0 spiro atoms. The molecule has 0 bridgehead atoms. The second kappa shape index (κ2) is 7.80. The van der Waals surface area contributed by atoms with E-state index in [1.54, 1.807) is 13.0 Å². The first kappa shape index (κ1) is 17.0. The maximum Gasteiger partial charge on any atom is 0.343 e. The molecule has 7 nitrogen and oxygen atoms in total. The number of nitrogens with zero attached hydrogens (tertiary/aromatic N) is 3. The van der Waals surface area contributed by atoms with Crippen molar-refractivity contribution in [2.24, 2.45) is 0 Å². The number of hydrogen-bond donors (Lipinski definition) is 1. The van der Waals surface area contributed by atoms with Crippen molar-refractivity contribution in [3.63, 3.8) is 0 Å². The lowest BCUT2D eigenvalue weighted by Gasteiger charge is -2.08. The summed E-state index contributed by atoms with van der Waals surface area (Å²) < 4.78 is 10.4. The summed E-state index contributed by atoms with van der Waals surface area (Å²) in [7, 11) is 0. The average molecular weight is 356 g/mol. The number of carbonyl (C=O) groups is 1. The first-order chi connectivity index (χ1) is 12.2. The zero-order valence-corrected chi connectivity index (χ0v) is 14.5. The normalized spacial score (nSPS) is 10.5. The third kappa shape index (κ3) is 3.97. The molecule has 0 radical (unpaired) electrons. The lowest BCUT2D eigenvalue weighted by molar-refractivity contribution is 0.0526. The van der Waals surface area contributed by atoms with Crippen LogP contribution in [0.4, 0.5) is 11.7 Å². The molecular weight excluding hydrogens is 340 g/mol. The van der Waals surface area contributed by atoms with Gasteiger partial charge < -0.3 is 14.6 Å². The van der Waals surface area contributed by atoms with E-state index in [9.17, 15) is 4.79 Å². The number of anilines is 2. The lowest BCUT2D eigenvalue weighted by atomic mass is 10.1. The van der Waals surface area contributed by atoms with Crippen molar-refractivity contribution in [3.8, 4) is 11.3 Å². The quantitative estimate of drug-likeness (QED) is 0.405. The van der Waals surface area contributed by atoms with Crippen LogP contribution in [-0.4, -0.2) is 34.0 Å². The number of benzene rings is 1. The number of rotatable bonds is 6. The molecule has 0 atom stereocenters. The van der Waals surface area contributed by atoms with Crippen LogP contribution in [0.3, 0.4) is 0 Å². The second-order valence-electron chi connectivity index (χ2n) is 4.91. The first-order valence-electron chi connectivity index (χ1n) is 7.58. The molecule has 3 aromatic rings. The maximum absolute atomic E-state index is 12.1. The predicted molar refractivity (Wildman–Crippen MR) is 95.0 cm³/mol. The van der Waals surface area contributed by atoms with Gasteiger partial charge in [-0.05, 0) is 13.2 Å². The van der Waals surface area contributed by atoms with Crippen molar-refractivity contribution in [2.45, 2.75) is 12.1 Å². The van der Waals surface area contributed by atoms with Gasteiger partial charge in [0.1, 0.15) is 11.3 Å². The molecule has 25 heavy (non-hydrogen) atoms. The monoisotopic (exact) mass is 356 g/mol. The fourth-order valence-corrected chi connectivity index (χ4v) is 2.45. The van der Waals surface area contributed by atoms with Crippen molar-refractivity contribution in [1.82, 2.24) is 15.1 Å². The van der Waals surface area contributed by atoms with Crippen molar-refractivity contribution in [3.05, 3.63) is 48.2 Å². The van der Waals surface area contributed by atoms with Crippen molar-refractivity contribution < 1.29 is 14.1 Å². The standard InChI is InChI=1S/C17H16N4O3S/c1-3-23-16(22)12-10-18-17(25-2)20-15(12)19-14-9-13(21-24-14)11-7-5-4-6-8-11/h4-10H,3H2,1-2H3,(H,18,19,20). The number of nitrogens with one attached hydrogen (secondary N) is 1. The van der Waals surface area contributed by atoms with Gasteiger partial charge in [-0.1, -0.05) is 47.3 Å². The van der Waals surface area contributed by atoms with Gasteiger partial charge in [-0.15, -0.1) is 0 Å². The number of hydrogen-bond acceptors (Lipinski definition) is 8. The van der Waals surface area contributed by atoms with Crippen LogP contribution in [0.2, 0.25) is 0 Å². The highest BCUT2D eigenvalue weighted by Crippen LogP contribution is 2.26. The zero-order valence-electron chi connectivity index (χ0n) is 13.7. The summed E-state index contributed by atoms with van der Waals surface area (Å²) in [5, 5.41) is 7.54. The number of aromatic nitrogens is 3. The van der Waals surface area contributed by atoms with Crippen molar-refractivity contribution in [1.29, 1.82) is 0 Å². The van der Waals surface area contributed by atoms with Gasteiger partial charge in [0.25, 0.3) is 0 Å². The maximum atomic E-state index is 12.1. The van der Waals surface area contributed by atoms with Crippen LogP contribution in [0, 0.1) is 0 Å². The molecule has 1 N–H and O–H groups in total. The summed E-state index contributed by atoms with van der Waals surface area (Å²) in [6.45, 7) is 2.01. The highest BCUT2D eigenvalue weighted by molar-refractivity contribution is 7.98. The molecule has 0 unspecified atom stereocenters. The van der Waals surface area contributed by atoms with E-state index in [2.05, 4.69) is 20.4 Å². The molecule has 1 aromatic carbocycles. The second-order valence-corrected chi connectivity index (χ2v) is 5.68. The number of thioether (sulfide) groups is 1. The Kier molecular flexibility index (Phi) is 5.30. The molecule has 0 saturated carbocycles. The van der Waals surface area contributed by atoms with Crippen LogP contribution in [-0.2, 0) is 4.74 Å². The van der Waals surface area contributed by atoms with E-state index in [0.717, 1.165) is 5.56 Å². The Hall–Kier alpha value is -2.87. The van der Waals surface area contributed by atoms with Crippen LogP contribution in [0.1, 0.15) is 17.3 Å². The minimum atomic E-state index is -0.500. The van der Waals surface area contributed by atoms with Gasteiger partial charge in [-0.3, -0.25) is 0 Å². The van der Waals surface area contributed by atoms with Crippen molar-refractivity contribution in [2.75, 3.05) is 18.2 Å². The van der Waals surface area contributed by atoms with E-state index in [1.807, 2.05) is 36.6 Å². The van der Waals surface area contributed by atoms with E-state index >= 15 is 0 Å². The third-order valence-corrected chi connectivity index (χ3v) is 3.83. The Bertz CT molecular complexity index is 867. The van der Waals surface area contributed by atoms with Crippen LogP contribution in [0.25, 0.3) is 11.3 Å². The summed E-state index contributed by atoms with van der Waals surface area (Å²) in [4.78, 5) is 20.5. The summed E-state index contributed by atoms with van der Waals surface area (Å²) in [6, 6.07) is 11.4. The van der Waals surface area contributed by atoms with Crippen LogP contribution >= 0.6 is 11.8 Å². The topological polar surface area (TPSA) is 90.1 Å². The molecule has 0 aliphatic rings. The summed E-state index contributed by atoms with van der Waals surface area (Å²) in [5.41, 5.74) is 1.84. The molecule has 0 fully saturated rings. The minimum absolute atomic E-state index is 0.234. The summed E-state index contributed by atoms with van der Waals surface area (Å²) >= 11 is 1.37. The third-order valence-electron chi connectivity index (χ3n) is 3.27. The van der Waals surface area contributed by atoms with Gasteiger partial charge in [-0.2, -0.15) is 0 Å². The van der Waals surface area contributed by atoms with Crippen LogP contribution in [0.15, 0.2) is 52.3 Å². The van der Waals surface area contributed by atoms with Crippen LogP contribution in [0.5, 0.6) is 0 Å². The molecule has 0 aliphatic carbocycles. The highest BCUT2D eigenvalue weighted by Gasteiger charge is 2.17. The minimum Gasteiger partial charge on any atom is -0.462 e. The van der Waals surface area contributed by atoms with Crippen LogP contribution < -0.4 is 5.32 Å². The van der Waals surface area contributed by atoms with Gasteiger partial charge in [0.15, 0.2) is 11.0 Å². The predicted octanol–water partition coefficient (Wildman–Crippen LogP) is 3.77. The molecule has 8 heteroatoms. The van der Waals surface area contributed by atoms with E-state index in [-0.39, 0.29) is 12.2 Å². The molecule has 0 saturated heterocycles. The first-order valence-corrected chi connectivity index (χ1v) is 8.81. The molecule has 0 aliphatic heterocycles. The SMILES string of the molecule is CCOC(=O)c1cnc(SC)nc1Nc1cc(-c2ccccc2)no1. The number of carbonyl (C=O) groups excluding carboxylic acids is 1. The van der Waals surface area contributed by atoms with E-state index in [0.29, 0.717) is 22.6 Å². The average Bonchev–Trinajstić information content (AvgIpc) is 3.11. The molecule has 128 valence electrons. The largest absolute Gasteiger partial charge is 0.462 e. The van der Waals surface area contributed by atoms with E-state index in [4.69, 9.17) is 9.26 Å². The summed E-state index contributed by atoms with van der Waals surface area (Å²) in [5.74, 6) is 0.184. The highest BCUT2D eigenvalue weighted by atomic mass is 32.2. The van der Waals surface area contributed by atoms with Gasteiger partial charge in [0.05, 0.1) is 6.61 Å². The fraction of sp³-hybridized carbons (Fsp3) is 0.176. The van der Waals surface area contributed by atoms with E-state index in [1.165, 1.54) is 18.0 Å². The zero-order chi connectivity index (χ0) is 17.6. The van der Waals surface area contributed by atoms with Gasteiger partial charge in [0.2, 0.25) is 5.88 Å². The van der Waals surface area contributed by atoms with Gasteiger partial charge in [-0.25, -0.2) is 14.8 Å². The molecular formula is C17H16N4O3S. The summed E-state index contributed by atoms with van der Waals surface area (Å²) in [6.07, 6.45) is 3.29. The Morgan fingerprint density at radius 1 is 1.32 bits per heavy atom. The Morgan fingerprint density at radius 2 is 2.12 bits per heavy atom. The van der Waals surface area contributed by atoms with Gasteiger partial charge >= 0.3 is 5.97 Å². The number of ether oxygens (including phenoxy) is 1. The Morgan fingerprint density at radius 3 is 2.84 bits per heavy atom. The Balaban J connectivity index is 1.89. The fourth-order valence-electron chi connectivity index (χ4n) is 2.11. The number of esters is 1. The van der Waals surface area contributed by atoms with Crippen molar-refractivity contribution >= 4 is 29.4 Å². The molecule has 0 amide bonds. The Labute approximate surface area is 148 Å².